The predicted octanol–water partition coefficient (Wildman–Crippen LogP) is 3.00. The summed E-state index contributed by atoms with van der Waals surface area (Å²) in [5, 5.41) is 0. The van der Waals surface area contributed by atoms with Crippen LogP contribution in [-0.2, 0) is 5.88 Å². The highest BCUT2D eigenvalue weighted by Crippen LogP contribution is 2.00. The van der Waals surface area contributed by atoms with E-state index in [1.54, 1.807) is 0 Å². The van der Waals surface area contributed by atoms with Crippen molar-refractivity contribution in [1.29, 1.82) is 0 Å². The van der Waals surface area contributed by atoms with Crippen molar-refractivity contribution in [2.45, 2.75) is 5.88 Å². The largest absolute Gasteiger partial charge is 0.122 e. The fraction of sp³-hybridized carbons (Fsp3) is 0.143. The van der Waals surface area contributed by atoms with Crippen molar-refractivity contribution in [2.75, 3.05) is 0 Å². The summed E-state index contributed by atoms with van der Waals surface area (Å²) in [5.41, 5.74) is 1.18. The van der Waals surface area contributed by atoms with Gasteiger partial charge in [0.25, 0.3) is 0 Å². The van der Waals surface area contributed by atoms with Gasteiger partial charge in [-0.1, -0.05) is 30.3 Å². The highest BCUT2D eigenvalue weighted by atomic mass is 79.9. The van der Waals surface area contributed by atoms with Crippen LogP contribution in [0.1, 0.15) is 5.56 Å². The SMILES string of the molecule is Br.ClCc1ccccc1. The van der Waals surface area contributed by atoms with Crippen LogP contribution in [0.2, 0.25) is 0 Å². The molecule has 0 N–H and O–H groups in total. The lowest BCUT2D eigenvalue weighted by Gasteiger charge is -1.88. The summed E-state index contributed by atoms with van der Waals surface area (Å²) >= 11 is 5.53. The van der Waals surface area contributed by atoms with E-state index in [9.17, 15) is 0 Å². The van der Waals surface area contributed by atoms with Crippen LogP contribution >= 0.6 is 28.6 Å². The average molecular weight is 207 g/mol. The first kappa shape index (κ1) is 8.99. The smallest absolute Gasteiger partial charge is 0.0474 e. The Morgan fingerprint density at radius 3 is 2.00 bits per heavy atom. The molecule has 0 saturated carbocycles. The van der Waals surface area contributed by atoms with E-state index in [1.165, 1.54) is 5.56 Å². The zero-order chi connectivity index (χ0) is 5.82. The van der Waals surface area contributed by atoms with Crippen LogP contribution in [0, 0.1) is 0 Å². The lowest BCUT2D eigenvalue weighted by Crippen LogP contribution is -1.71. The Bertz CT molecular complexity index is 150. The van der Waals surface area contributed by atoms with Gasteiger partial charge >= 0.3 is 0 Å². The molecule has 0 radical (unpaired) electrons. The van der Waals surface area contributed by atoms with E-state index in [-0.39, 0.29) is 17.0 Å². The zero-order valence-electron chi connectivity index (χ0n) is 4.88. The monoisotopic (exact) mass is 206 g/mol. The highest BCUT2D eigenvalue weighted by Gasteiger charge is 1.81. The van der Waals surface area contributed by atoms with Gasteiger partial charge in [0.15, 0.2) is 0 Å². The zero-order valence-corrected chi connectivity index (χ0v) is 7.35. The number of alkyl halides is 1. The normalized spacial score (nSPS) is 8.11. The van der Waals surface area contributed by atoms with E-state index in [1.807, 2.05) is 30.3 Å². The van der Waals surface area contributed by atoms with Gasteiger partial charge in [-0.15, -0.1) is 28.6 Å². The number of hydrogen-bond acceptors (Lipinski definition) is 0. The minimum absolute atomic E-state index is 0. The van der Waals surface area contributed by atoms with Crippen LogP contribution in [0.5, 0.6) is 0 Å². The van der Waals surface area contributed by atoms with Crippen molar-refractivity contribution < 1.29 is 0 Å². The van der Waals surface area contributed by atoms with Crippen LogP contribution in [0.4, 0.5) is 0 Å². The summed E-state index contributed by atoms with van der Waals surface area (Å²) < 4.78 is 0. The topological polar surface area (TPSA) is 0 Å². The van der Waals surface area contributed by atoms with Crippen LogP contribution < -0.4 is 0 Å². The Morgan fingerprint density at radius 2 is 1.67 bits per heavy atom. The maximum Gasteiger partial charge on any atom is 0.0474 e. The Balaban J connectivity index is 0.000000640. The van der Waals surface area contributed by atoms with Crippen molar-refractivity contribution in [3.8, 4) is 0 Å². The van der Waals surface area contributed by atoms with Gasteiger partial charge in [0, 0.05) is 5.88 Å². The molecule has 0 unspecified atom stereocenters. The third-order valence-electron chi connectivity index (χ3n) is 0.997. The van der Waals surface area contributed by atoms with E-state index >= 15 is 0 Å². The molecule has 0 bridgehead atoms. The minimum atomic E-state index is 0. The van der Waals surface area contributed by atoms with Gasteiger partial charge in [0.05, 0.1) is 0 Å². The second-order valence-electron chi connectivity index (χ2n) is 1.62. The number of halogens is 2. The van der Waals surface area contributed by atoms with E-state index < -0.39 is 0 Å². The predicted molar refractivity (Wildman–Crippen MR) is 46.3 cm³/mol. The summed E-state index contributed by atoms with van der Waals surface area (Å²) in [6.07, 6.45) is 0. The molecule has 0 spiro atoms. The molecular formula is C7H8BrCl. The molecule has 9 heavy (non-hydrogen) atoms. The quantitative estimate of drug-likeness (QED) is 0.621. The molecule has 1 aromatic rings. The number of benzene rings is 1. The summed E-state index contributed by atoms with van der Waals surface area (Å²) in [6.45, 7) is 0. The molecule has 0 aromatic heterocycles. The second kappa shape index (κ2) is 4.83. The third kappa shape index (κ3) is 2.87. The molecule has 0 nitrogen and oxygen atoms in total. The fourth-order valence-electron chi connectivity index (χ4n) is 0.567. The summed E-state index contributed by atoms with van der Waals surface area (Å²) in [4.78, 5) is 0. The molecule has 1 rings (SSSR count). The van der Waals surface area contributed by atoms with E-state index in [0.717, 1.165) is 0 Å². The highest BCUT2D eigenvalue weighted by molar-refractivity contribution is 8.93. The van der Waals surface area contributed by atoms with Gasteiger partial charge in [-0.2, -0.15) is 0 Å². The van der Waals surface area contributed by atoms with Gasteiger partial charge < -0.3 is 0 Å². The van der Waals surface area contributed by atoms with Gasteiger partial charge in [0.1, 0.15) is 0 Å². The molecule has 0 amide bonds. The molecule has 0 aliphatic rings. The Labute approximate surface area is 70.6 Å². The van der Waals surface area contributed by atoms with Gasteiger partial charge in [-0.25, -0.2) is 0 Å². The van der Waals surface area contributed by atoms with Gasteiger partial charge in [-0.3, -0.25) is 0 Å². The van der Waals surface area contributed by atoms with Crippen molar-refractivity contribution >= 4 is 28.6 Å². The molecule has 0 aliphatic carbocycles. The van der Waals surface area contributed by atoms with Crippen LogP contribution in [0.3, 0.4) is 0 Å². The number of hydrogen-bond donors (Lipinski definition) is 0. The van der Waals surface area contributed by atoms with Gasteiger partial charge in [-0.05, 0) is 5.56 Å². The Hall–Kier alpha value is -0.0100. The van der Waals surface area contributed by atoms with Crippen molar-refractivity contribution in [3.05, 3.63) is 35.9 Å². The molecule has 0 aliphatic heterocycles. The van der Waals surface area contributed by atoms with Crippen molar-refractivity contribution in [3.63, 3.8) is 0 Å². The van der Waals surface area contributed by atoms with Crippen molar-refractivity contribution in [2.24, 2.45) is 0 Å². The lowest BCUT2D eigenvalue weighted by atomic mass is 10.2. The summed E-state index contributed by atoms with van der Waals surface area (Å²) in [5.74, 6) is 0.612. The molecule has 0 heterocycles. The fourth-order valence-corrected chi connectivity index (χ4v) is 0.745. The first-order valence-electron chi connectivity index (χ1n) is 2.53. The molecule has 0 saturated heterocycles. The second-order valence-corrected chi connectivity index (χ2v) is 1.89. The Morgan fingerprint density at radius 1 is 1.11 bits per heavy atom. The molecule has 0 fully saturated rings. The van der Waals surface area contributed by atoms with Gasteiger partial charge in [0.2, 0.25) is 0 Å². The lowest BCUT2D eigenvalue weighted by molar-refractivity contribution is 1.41. The summed E-state index contributed by atoms with van der Waals surface area (Å²) in [6, 6.07) is 9.96. The number of rotatable bonds is 1. The molecular weight excluding hydrogens is 199 g/mol. The van der Waals surface area contributed by atoms with Crippen LogP contribution in [-0.4, -0.2) is 0 Å². The minimum Gasteiger partial charge on any atom is -0.122 e. The van der Waals surface area contributed by atoms with E-state index in [0.29, 0.717) is 5.88 Å². The summed E-state index contributed by atoms with van der Waals surface area (Å²) in [7, 11) is 0. The average Bonchev–Trinajstić information content (AvgIpc) is 1.90. The molecule has 0 atom stereocenters. The van der Waals surface area contributed by atoms with Crippen molar-refractivity contribution in [1.82, 2.24) is 0 Å². The van der Waals surface area contributed by atoms with E-state index in [2.05, 4.69) is 0 Å². The third-order valence-corrected chi connectivity index (χ3v) is 1.31. The molecule has 1 aromatic carbocycles. The molecule has 2 heteroatoms. The molecule has 50 valence electrons. The first-order valence-corrected chi connectivity index (χ1v) is 3.07. The Kier molecular flexibility index (Phi) is 4.83. The standard InChI is InChI=1S/C7H7Cl.BrH/c8-6-7-4-2-1-3-5-7;/h1-5H,6H2;1H. The van der Waals surface area contributed by atoms with Crippen LogP contribution in [0.25, 0.3) is 0 Å². The maximum atomic E-state index is 5.53. The van der Waals surface area contributed by atoms with Crippen LogP contribution in [0.15, 0.2) is 30.3 Å². The van der Waals surface area contributed by atoms with E-state index in [4.69, 9.17) is 11.6 Å². The first-order chi connectivity index (χ1) is 3.93. The maximum absolute atomic E-state index is 5.53.